The molecule has 0 aromatic heterocycles. The van der Waals surface area contributed by atoms with E-state index in [1.54, 1.807) is 4.90 Å². The highest BCUT2D eigenvalue weighted by molar-refractivity contribution is 5.89. The molecule has 5 nitrogen and oxygen atoms in total. The largest absolute Gasteiger partial charge is 0.350 e. The van der Waals surface area contributed by atoms with Crippen LogP contribution in [0.1, 0.15) is 35.1 Å². The van der Waals surface area contributed by atoms with E-state index < -0.39 is 0 Å². The summed E-state index contributed by atoms with van der Waals surface area (Å²) in [6.45, 7) is 2.97. The summed E-state index contributed by atoms with van der Waals surface area (Å²) in [6.07, 6.45) is 1.96. The smallest absolute Gasteiger partial charge is 0.243 e. The van der Waals surface area contributed by atoms with Gasteiger partial charge in [-0.1, -0.05) is 48.5 Å². The van der Waals surface area contributed by atoms with E-state index in [0.29, 0.717) is 19.5 Å². The highest BCUT2D eigenvalue weighted by Crippen LogP contribution is 2.20. The average Bonchev–Trinajstić information content (AvgIpc) is 3.35. The molecule has 0 spiro atoms. The molecule has 140 valence electrons. The van der Waals surface area contributed by atoms with Gasteiger partial charge in [0.1, 0.15) is 6.04 Å². The van der Waals surface area contributed by atoms with Crippen LogP contribution in [0, 0.1) is 0 Å². The van der Waals surface area contributed by atoms with Gasteiger partial charge in [-0.15, -0.1) is 0 Å². The Kier molecular flexibility index (Phi) is 5.21. The zero-order valence-corrected chi connectivity index (χ0v) is 15.4. The second-order valence-electron chi connectivity index (χ2n) is 7.33. The molecule has 2 aromatic rings. The summed E-state index contributed by atoms with van der Waals surface area (Å²) in [5, 5.41) is 6.36. The van der Waals surface area contributed by atoms with Crippen LogP contribution in [0.2, 0.25) is 0 Å². The minimum absolute atomic E-state index is 0.0301. The Morgan fingerprint density at radius 1 is 1.04 bits per heavy atom. The maximum absolute atomic E-state index is 12.7. The maximum atomic E-state index is 12.7. The summed E-state index contributed by atoms with van der Waals surface area (Å²) in [5.41, 5.74) is 4.73. The molecular weight excluding hydrogens is 338 g/mol. The van der Waals surface area contributed by atoms with Crippen molar-refractivity contribution in [3.8, 4) is 0 Å². The molecule has 1 saturated heterocycles. The lowest BCUT2D eigenvalue weighted by Crippen LogP contribution is -2.46. The number of hydrogen-bond acceptors (Lipinski definition) is 3. The summed E-state index contributed by atoms with van der Waals surface area (Å²) < 4.78 is 0. The summed E-state index contributed by atoms with van der Waals surface area (Å²) in [7, 11) is 0. The molecule has 4 rings (SSSR count). The Labute approximate surface area is 159 Å². The average molecular weight is 363 g/mol. The van der Waals surface area contributed by atoms with Crippen molar-refractivity contribution in [1.29, 1.82) is 0 Å². The van der Waals surface area contributed by atoms with Gasteiger partial charge in [0.15, 0.2) is 0 Å². The standard InChI is InChI=1S/C22H25N3O2/c26-21(12-16-5-2-1-3-6-16)25-10-4-7-20(25)22(27)24-13-17-8-9-18-14-23-15-19(18)11-17/h1-3,5-6,8-9,11,20,23H,4,7,10,12-15H2,(H,24,27). The second kappa shape index (κ2) is 7.92. The molecule has 2 aromatic carbocycles. The van der Waals surface area contributed by atoms with Crippen LogP contribution in [0.25, 0.3) is 0 Å². The van der Waals surface area contributed by atoms with E-state index in [-0.39, 0.29) is 17.9 Å². The van der Waals surface area contributed by atoms with Gasteiger partial charge >= 0.3 is 0 Å². The first-order valence-corrected chi connectivity index (χ1v) is 9.63. The van der Waals surface area contributed by atoms with Crippen molar-refractivity contribution < 1.29 is 9.59 Å². The minimum Gasteiger partial charge on any atom is -0.350 e. The van der Waals surface area contributed by atoms with Gasteiger partial charge in [-0.2, -0.15) is 0 Å². The SMILES string of the molecule is O=C(NCc1ccc2c(c1)CNC2)C1CCCN1C(=O)Cc1ccccc1. The molecule has 5 heteroatoms. The Bertz CT molecular complexity index is 835. The number of nitrogens with one attached hydrogen (secondary N) is 2. The molecule has 27 heavy (non-hydrogen) atoms. The maximum Gasteiger partial charge on any atom is 0.243 e. The lowest BCUT2D eigenvalue weighted by atomic mass is 10.1. The van der Waals surface area contributed by atoms with Crippen LogP contribution in [0.4, 0.5) is 0 Å². The Morgan fingerprint density at radius 2 is 1.85 bits per heavy atom. The Balaban J connectivity index is 1.35. The summed E-state index contributed by atoms with van der Waals surface area (Å²) in [6, 6.07) is 15.7. The molecule has 2 aliphatic heterocycles. The number of carbonyl (C=O) groups excluding carboxylic acids is 2. The number of amides is 2. The van der Waals surface area contributed by atoms with Crippen LogP contribution in [0.3, 0.4) is 0 Å². The van der Waals surface area contributed by atoms with Gasteiger partial charge in [0.25, 0.3) is 0 Å². The van der Waals surface area contributed by atoms with Gasteiger partial charge < -0.3 is 15.5 Å². The topological polar surface area (TPSA) is 61.4 Å². The van der Waals surface area contributed by atoms with Crippen molar-refractivity contribution in [2.45, 2.75) is 44.9 Å². The van der Waals surface area contributed by atoms with E-state index >= 15 is 0 Å². The zero-order chi connectivity index (χ0) is 18.6. The lowest BCUT2D eigenvalue weighted by molar-refractivity contribution is -0.138. The molecular formula is C22H25N3O2. The van der Waals surface area contributed by atoms with Gasteiger partial charge in [-0.25, -0.2) is 0 Å². The van der Waals surface area contributed by atoms with Gasteiger partial charge in [-0.3, -0.25) is 9.59 Å². The van der Waals surface area contributed by atoms with Crippen molar-refractivity contribution in [1.82, 2.24) is 15.5 Å². The van der Waals surface area contributed by atoms with Crippen LogP contribution >= 0.6 is 0 Å². The number of carbonyl (C=O) groups is 2. The Morgan fingerprint density at radius 3 is 2.70 bits per heavy atom. The van der Waals surface area contributed by atoms with Crippen LogP contribution < -0.4 is 10.6 Å². The fourth-order valence-corrected chi connectivity index (χ4v) is 3.97. The molecule has 0 bridgehead atoms. The molecule has 1 atom stereocenters. The van der Waals surface area contributed by atoms with E-state index in [4.69, 9.17) is 0 Å². The molecule has 2 heterocycles. The van der Waals surface area contributed by atoms with Crippen molar-refractivity contribution in [3.63, 3.8) is 0 Å². The van der Waals surface area contributed by atoms with E-state index in [9.17, 15) is 9.59 Å². The highest BCUT2D eigenvalue weighted by Gasteiger charge is 2.33. The molecule has 2 amide bonds. The van der Waals surface area contributed by atoms with Crippen LogP contribution in [0.15, 0.2) is 48.5 Å². The third-order valence-electron chi connectivity index (χ3n) is 5.44. The molecule has 1 unspecified atom stereocenters. The fraction of sp³-hybridized carbons (Fsp3) is 0.364. The molecule has 0 aliphatic carbocycles. The van der Waals surface area contributed by atoms with E-state index in [1.165, 1.54) is 11.1 Å². The predicted molar refractivity (Wildman–Crippen MR) is 104 cm³/mol. The fourth-order valence-electron chi connectivity index (χ4n) is 3.97. The number of benzene rings is 2. The van der Waals surface area contributed by atoms with Gasteiger partial charge in [0.2, 0.25) is 11.8 Å². The van der Waals surface area contributed by atoms with Crippen LogP contribution in [-0.2, 0) is 35.6 Å². The van der Waals surface area contributed by atoms with Crippen LogP contribution in [-0.4, -0.2) is 29.3 Å². The number of hydrogen-bond donors (Lipinski definition) is 2. The predicted octanol–water partition coefficient (Wildman–Crippen LogP) is 2.14. The van der Waals surface area contributed by atoms with Gasteiger partial charge in [-0.05, 0) is 35.1 Å². The third kappa shape index (κ3) is 4.03. The van der Waals surface area contributed by atoms with E-state index in [1.807, 2.05) is 30.3 Å². The van der Waals surface area contributed by atoms with Gasteiger partial charge in [0.05, 0.1) is 6.42 Å². The first-order chi connectivity index (χ1) is 13.2. The number of fused-ring (bicyclic) bond motifs is 1. The highest BCUT2D eigenvalue weighted by atomic mass is 16.2. The zero-order valence-electron chi connectivity index (χ0n) is 15.4. The first kappa shape index (κ1) is 17.7. The lowest BCUT2D eigenvalue weighted by Gasteiger charge is -2.24. The van der Waals surface area contributed by atoms with Crippen LogP contribution in [0.5, 0.6) is 0 Å². The molecule has 0 saturated carbocycles. The molecule has 1 fully saturated rings. The van der Waals surface area contributed by atoms with Crippen molar-refractivity contribution in [2.24, 2.45) is 0 Å². The van der Waals surface area contributed by atoms with Crippen molar-refractivity contribution >= 4 is 11.8 Å². The molecule has 2 N–H and O–H groups in total. The monoisotopic (exact) mass is 363 g/mol. The quantitative estimate of drug-likeness (QED) is 0.856. The van der Waals surface area contributed by atoms with Gasteiger partial charge in [0, 0.05) is 26.2 Å². The minimum atomic E-state index is -0.350. The Hall–Kier alpha value is -2.66. The summed E-state index contributed by atoms with van der Waals surface area (Å²) in [4.78, 5) is 27.1. The summed E-state index contributed by atoms with van der Waals surface area (Å²) in [5.74, 6) is -0.0185. The number of nitrogens with zero attached hydrogens (tertiary/aromatic N) is 1. The van der Waals surface area contributed by atoms with E-state index in [2.05, 4.69) is 28.8 Å². The van der Waals surface area contributed by atoms with Crippen molar-refractivity contribution in [2.75, 3.05) is 6.54 Å². The molecule has 0 radical (unpaired) electrons. The van der Waals surface area contributed by atoms with Crippen molar-refractivity contribution in [3.05, 3.63) is 70.8 Å². The normalized spacial score (nSPS) is 18.4. The summed E-state index contributed by atoms with van der Waals surface area (Å²) >= 11 is 0. The number of rotatable bonds is 5. The first-order valence-electron chi connectivity index (χ1n) is 9.63. The third-order valence-corrected chi connectivity index (χ3v) is 5.44. The number of likely N-dealkylation sites (tertiary alicyclic amines) is 1. The molecule has 2 aliphatic rings. The second-order valence-corrected chi connectivity index (χ2v) is 7.33. The van der Waals surface area contributed by atoms with E-state index in [0.717, 1.165) is 37.1 Å².